The molecule has 116 valence electrons. The van der Waals surface area contributed by atoms with Gasteiger partial charge in [0.15, 0.2) is 0 Å². The van der Waals surface area contributed by atoms with Gasteiger partial charge in [-0.15, -0.1) is 0 Å². The van der Waals surface area contributed by atoms with Crippen molar-refractivity contribution in [3.05, 3.63) is 63.7 Å². The first kappa shape index (κ1) is 15.2. The lowest BCUT2D eigenvalue weighted by Gasteiger charge is -2.19. The van der Waals surface area contributed by atoms with E-state index in [4.69, 9.17) is 16.7 Å². The van der Waals surface area contributed by atoms with Crippen LogP contribution in [0.3, 0.4) is 0 Å². The molecule has 1 N–H and O–H groups in total. The smallest absolute Gasteiger partial charge is 0.335 e. The number of benzene rings is 2. The molecule has 0 radical (unpaired) electrons. The number of amides is 1. The van der Waals surface area contributed by atoms with Crippen molar-refractivity contribution in [1.29, 1.82) is 0 Å². The quantitative estimate of drug-likeness (QED) is 0.878. The number of carbonyl (C=O) groups is 3. The van der Waals surface area contributed by atoms with Crippen LogP contribution in [-0.2, 0) is 11.3 Å². The minimum Gasteiger partial charge on any atom is -0.478 e. The van der Waals surface area contributed by atoms with Gasteiger partial charge >= 0.3 is 5.97 Å². The van der Waals surface area contributed by atoms with Gasteiger partial charge in [0.05, 0.1) is 23.4 Å². The van der Waals surface area contributed by atoms with Crippen LogP contribution in [0.5, 0.6) is 0 Å². The monoisotopic (exact) mass is 329 g/mol. The van der Waals surface area contributed by atoms with Gasteiger partial charge in [0.1, 0.15) is 0 Å². The Hall–Kier alpha value is -2.66. The summed E-state index contributed by atoms with van der Waals surface area (Å²) in [5.74, 6) is -2.27. The van der Waals surface area contributed by atoms with Gasteiger partial charge in [-0.2, -0.15) is 0 Å². The van der Waals surface area contributed by atoms with E-state index in [1.807, 2.05) is 0 Å². The average Bonchev–Trinajstić information content (AvgIpc) is 2.73. The first-order valence-electron chi connectivity index (χ1n) is 6.87. The third-order valence-corrected chi connectivity index (χ3v) is 3.95. The number of carboxylic acid groups (broad SMARTS) is 1. The number of halogens is 1. The predicted octanol–water partition coefficient (Wildman–Crippen LogP) is 3.08. The molecule has 5 nitrogen and oxygen atoms in total. The number of fused-ring (bicyclic) bond motifs is 1. The van der Waals surface area contributed by atoms with E-state index in [2.05, 4.69) is 0 Å². The maximum absolute atomic E-state index is 12.3. The highest BCUT2D eigenvalue weighted by molar-refractivity contribution is 6.52. The number of aryl methyl sites for hydroxylation is 1. The first-order chi connectivity index (χ1) is 10.9. The molecule has 0 spiro atoms. The lowest BCUT2D eigenvalue weighted by molar-refractivity contribution is -0.114. The van der Waals surface area contributed by atoms with E-state index in [0.717, 1.165) is 5.56 Å². The second-order valence-electron chi connectivity index (χ2n) is 5.34. The molecule has 0 fully saturated rings. The van der Waals surface area contributed by atoms with Gasteiger partial charge in [-0.05, 0) is 42.3 Å². The average molecular weight is 330 g/mol. The largest absolute Gasteiger partial charge is 0.478 e. The standard InChI is InChI=1S/C17H12ClNO4/c1-9-5-12(18)7-13-14(9)19(16(21)15(13)20)8-10-3-2-4-11(6-10)17(22)23/h2-7H,8H2,1H3,(H,22,23). The molecule has 0 saturated carbocycles. The molecule has 2 aromatic carbocycles. The Labute approximate surface area is 137 Å². The molecule has 0 atom stereocenters. The number of anilines is 1. The summed E-state index contributed by atoms with van der Waals surface area (Å²) < 4.78 is 0. The number of hydrogen-bond acceptors (Lipinski definition) is 3. The minimum absolute atomic E-state index is 0.126. The molecular weight excluding hydrogens is 318 g/mol. The zero-order valence-electron chi connectivity index (χ0n) is 12.2. The highest BCUT2D eigenvalue weighted by Crippen LogP contribution is 2.35. The fourth-order valence-electron chi connectivity index (χ4n) is 2.74. The van der Waals surface area contributed by atoms with Gasteiger partial charge in [0, 0.05) is 5.02 Å². The molecule has 6 heteroatoms. The number of Topliss-reactive ketones (excluding diaryl/α,β-unsaturated/α-hetero) is 1. The summed E-state index contributed by atoms with van der Waals surface area (Å²) in [5, 5.41) is 9.45. The summed E-state index contributed by atoms with van der Waals surface area (Å²) in [7, 11) is 0. The van der Waals surface area contributed by atoms with Crippen molar-refractivity contribution in [2.75, 3.05) is 4.90 Å². The van der Waals surface area contributed by atoms with Gasteiger partial charge in [-0.25, -0.2) is 4.79 Å². The number of rotatable bonds is 3. The summed E-state index contributed by atoms with van der Waals surface area (Å²) in [6.45, 7) is 1.90. The molecular formula is C17H12ClNO4. The topological polar surface area (TPSA) is 74.7 Å². The zero-order chi connectivity index (χ0) is 16.7. The fourth-order valence-corrected chi connectivity index (χ4v) is 3.02. The van der Waals surface area contributed by atoms with Crippen LogP contribution in [-0.4, -0.2) is 22.8 Å². The Morgan fingerprint density at radius 1 is 1.22 bits per heavy atom. The Kier molecular flexibility index (Phi) is 3.66. The molecule has 2 aromatic rings. The second-order valence-corrected chi connectivity index (χ2v) is 5.78. The van der Waals surface area contributed by atoms with Gasteiger partial charge in [-0.1, -0.05) is 23.7 Å². The molecule has 3 rings (SSSR count). The van der Waals surface area contributed by atoms with E-state index in [0.29, 0.717) is 16.3 Å². The first-order valence-corrected chi connectivity index (χ1v) is 7.25. The Morgan fingerprint density at radius 3 is 2.65 bits per heavy atom. The van der Waals surface area contributed by atoms with Crippen LogP contribution in [0, 0.1) is 6.92 Å². The molecule has 0 saturated heterocycles. The van der Waals surface area contributed by atoms with Crippen LogP contribution in [0.25, 0.3) is 0 Å². The second kappa shape index (κ2) is 5.52. The molecule has 1 heterocycles. The fraction of sp³-hybridized carbons (Fsp3) is 0.118. The number of ketones is 1. The third-order valence-electron chi connectivity index (χ3n) is 3.73. The van der Waals surface area contributed by atoms with E-state index in [1.54, 1.807) is 25.1 Å². The third kappa shape index (κ3) is 2.59. The highest BCUT2D eigenvalue weighted by Gasteiger charge is 2.37. The van der Waals surface area contributed by atoms with Crippen LogP contribution < -0.4 is 4.90 Å². The van der Waals surface area contributed by atoms with Crippen molar-refractivity contribution in [1.82, 2.24) is 0 Å². The summed E-state index contributed by atoms with van der Waals surface area (Å²) in [6, 6.07) is 9.46. The molecule has 0 unspecified atom stereocenters. The van der Waals surface area contributed by atoms with Crippen molar-refractivity contribution < 1.29 is 19.5 Å². The predicted molar refractivity (Wildman–Crippen MR) is 85.1 cm³/mol. The van der Waals surface area contributed by atoms with E-state index in [9.17, 15) is 14.4 Å². The van der Waals surface area contributed by atoms with E-state index >= 15 is 0 Å². The summed E-state index contributed by atoms with van der Waals surface area (Å²) in [4.78, 5) is 36.8. The summed E-state index contributed by atoms with van der Waals surface area (Å²) in [5.41, 5.74) is 2.31. The maximum Gasteiger partial charge on any atom is 0.335 e. The van der Waals surface area contributed by atoms with Gasteiger partial charge in [-0.3, -0.25) is 9.59 Å². The van der Waals surface area contributed by atoms with Crippen LogP contribution >= 0.6 is 11.6 Å². The molecule has 1 amide bonds. The Bertz CT molecular complexity index is 860. The van der Waals surface area contributed by atoms with E-state index in [-0.39, 0.29) is 17.7 Å². The van der Waals surface area contributed by atoms with Crippen molar-refractivity contribution in [3.63, 3.8) is 0 Å². The Balaban J connectivity index is 2.02. The number of aromatic carboxylic acids is 1. The SMILES string of the molecule is Cc1cc(Cl)cc2c1N(Cc1cccc(C(=O)O)c1)C(=O)C2=O. The lowest BCUT2D eigenvalue weighted by Crippen LogP contribution is -2.29. The minimum atomic E-state index is -1.04. The lowest BCUT2D eigenvalue weighted by atomic mass is 10.1. The molecule has 0 bridgehead atoms. The van der Waals surface area contributed by atoms with E-state index in [1.165, 1.54) is 23.1 Å². The summed E-state index contributed by atoms with van der Waals surface area (Å²) in [6.07, 6.45) is 0. The van der Waals surface area contributed by atoms with Crippen LogP contribution in [0.1, 0.15) is 31.8 Å². The number of carbonyl (C=O) groups excluding carboxylic acids is 2. The highest BCUT2D eigenvalue weighted by atomic mass is 35.5. The van der Waals surface area contributed by atoms with Gasteiger partial charge in [0.2, 0.25) is 0 Å². The maximum atomic E-state index is 12.3. The van der Waals surface area contributed by atoms with Gasteiger partial charge in [0.25, 0.3) is 11.7 Å². The molecule has 23 heavy (non-hydrogen) atoms. The number of carboxylic acids is 1. The molecule has 1 aliphatic rings. The van der Waals surface area contributed by atoms with Crippen LogP contribution in [0.15, 0.2) is 36.4 Å². The number of nitrogens with zero attached hydrogens (tertiary/aromatic N) is 1. The molecule has 0 aromatic heterocycles. The molecule has 1 aliphatic heterocycles. The number of hydrogen-bond donors (Lipinski definition) is 1. The van der Waals surface area contributed by atoms with Crippen molar-refractivity contribution >= 4 is 34.9 Å². The van der Waals surface area contributed by atoms with Crippen LogP contribution in [0.4, 0.5) is 5.69 Å². The van der Waals surface area contributed by atoms with Gasteiger partial charge < -0.3 is 10.0 Å². The van der Waals surface area contributed by atoms with Crippen LogP contribution in [0.2, 0.25) is 5.02 Å². The van der Waals surface area contributed by atoms with E-state index < -0.39 is 17.7 Å². The van der Waals surface area contributed by atoms with Crippen molar-refractivity contribution in [3.8, 4) is 0 Å². The zero-order valence-corrected chi connectivity index (χ0v) is 12.9. The van der Waals surface area contributed by atoms with Crippen molar-refractivity contribution in [2.45, 2.75) is 13.5 Å². The summed E-state index contributed by atoms with van der Waals surface area (Å²) >= 11 is 5.96. The Morgan fingerprint density at radius 2 is 1.96 bits per heavy atom. The van der Waals surface area contributed by atoms with Crippen molar-refractivity contribution in [2.24, 2.45) is 0 Å². The molecule has 0 aliphatic carbocycles. The normalized spacial score (nSPS) is 13.4.